The number of nitrogens with zero attached hydrogens (tertiary/aromatic N) is 1. The molecule has 2 N–H and O–H groups in total. The van der Waals surface area contributed by atoms with Crippen molar-refractivity contribution < 1.29 is 18.3 Å². The molecule has 1 aromatic heterocycles. The minimum absolute atomic E-state index is 0.00529. The van der Waals surface area contributed by atoms with E-state index in [-0.39, 0.29) is 10.8 Å². The Morgan fingerprint density at radius 1 is 1.13 bits per heavy atom. The molecule has 23 heavy (non-hydrogen) atoms. The van der Waals surface area contributed by atoms with Crippen LogP contribution in [0.25, 0.3) is 11.3 Å². The molecular weight excluding hydrogens is 322 g/mol. The van der Waals surface area contributed by atoms with Gasteiger partial charge in [-0.3, -0.25) is 4.79 Å². The highest BCUT2D eigenvalue weighted by Crippen LogP contribution is 2.29. The van der Waals surface area contributed by atoms with Crippen molar-refractivity contribution in [1.29, 1.82) is 0 Å². The molecule has 0 saturated heterocycles. The van der Waals surface area contributed by atoms with Crippen LogP contribution in [0.1, 0.15) is 9.80 Å². The third-order valence-electron chi connectivity index (χ3n) is 2.98. The van der Waals surface area contributed by atoms with Gasteiger partial charge < -0.3 is 10.5 Å². The lowest BCUT2D eigenvalue weighted by Gasteiger charge is -2.07. The third-order valence-corrected chi connectivity index (χ3v) is 3.84. The Labute approximate surface area is 134 Å². The van der Waals surface area contributed by atoms with Crippen LogP contribution in [-0.4, -0.2) is 10.9 Å². The molecule has 0 radical (unpaired) electrons. The van der Waals surface area contributed by atoms with Crippen molar-refractivity contribution in [3.05, 3.63) is 64.5 Å². The van der Waals surface area contributed by atoms with Gasteiger partial charge in [-0.1, -0.05) is 0 Å². The zero-order chi connectivity index (χ0) is 16.4. The van der Waals surface area contributed by atoms with Crippen molar-refractivity contribution in [2.45, 2.75) is 0 Å². The number of rotatable bonds is 4. The Hall–Kier alpha value is -2.80. The number of amides is 1. The quantitative estimate of drug-likeness (QED) is 0.786. The van der Waals surface area contributed by atoms with Crippen molar-refractivity contribution in [2.75, 3.05) is 0 Å². The van der Waals surface area contributed by atoms with Gasteiger partial charge in [0, 0.05) is 10.9 Å². The normalized spacial score (nSPS) is 10.5. The number of carbonyl (C=O) groups is 1. The molecule has 2 aromatic carbocycles. The monoisotopic (exact) mass is 332 g/mol. The van der Waals surface area contributed by atoms with Gasteiger partial charge in [0.05, 0.1) is 5.69 Å². The third kappa shape index (κ3) is 3.35. The van der Waals surface area contributed by atoms with Crippen LogP contribution in [0.4, 0.5) is 8.78 Å². The molecule has 116 valence electrons. The fourth-order valence-electron chi connectivity index (χ4n) is 1.89. The highest BCUT2D eigenvalue weighted by atomic mass is 32.1. The number of halogens is 2. The van der Waals surface area contributed by atoms with Crippen LogP contribution in [0.15, 0.2) is 47.8 Å². The summed E-state index contributed by atoms with van der Waals surface area (Å²) in [6.07, 6.45) is 0. The molecule has 1 heterocycles. The summed E-state index contributed by atoms with van der Waals surface area (Å²) < 4.78 is 32.4. The molecule has 0 fully saturated rings. The first-order valence-electron chi connectivity index (χ1n) is 6.51. The largest absolute Gasteiger partial charge is 0.454 e. The minimum atomic E-state index is -0.627. The van der Waals surface area contributed by atoms with Crippen molar-refractivity contribution >= 4 is 17.2 Å². The fraction of sp³-hybridized carbons (Fsp3) is 0. The zero-order valence-electron chi connectivity index (χ0n) is 11.6. The predicted octanol–water partition coefficient (Wildman–Crippen LogP) is 3.98. The molecule has 0 aliphatic heterocycles. The summed E-state index contributed by atoms with van der Waals surface area (Å²) in [5.41, 5.74) is 6.10. The van der Waals surface area contributed by atoms with E-state index in [4.69, 9.17) is 10.5 Å². The topological polar surface area (TPSA) is 65.2 Å². The zero-order valence-corrected chi connectivity index (χ0v) is 12.4. The van der Waals surface area contributed by atoms with Crippen LogP contribution in [0.3, 0.4) is 0 Å². The summed E-state index contributed by atoms with van der Waals surface area (Å²) in [5.74, 6) is -1.30. The van der Waals surface area contributed by atoms with E-state index >= 15 is 0 Å². The summed E-state index contributed by atoms with van der Waals surface area (Å²) >= 11 is 1.09. The van der Waals surface area contributed by atoms with E-state index in [1.807, 2.05) is 0 Å². The van der Waals surface area contributed by atoms with Crippen molar-refractivity contribution in [1.82, 2.24) is 4.98 Å². The number of hydrogen-bond donors (Lipinski definition) is 1. The molecule has 0 saturated carbocycles. The maximum Gasteiger partial charge on any atom is 0.277 e. The lowest BCUT2D eigenvalue weighted by Crippen LogP contribution is -2.10. The molecular formula is C16H10F2N2O2S. The number of hydrogen-bond acceptors (Lipinski definition) is 4. The molecule has 1 amide bonds. The number of primary amides is 1. The second-order valence-corrected chi connectivity index (χ2v) is 5.46. The number of benzene rings is 2. The first-order valence-corrected chi connectivity index (χ1v) is 7.39. The second-order valence-electron chi connectivity index (χ2n) is 4.60. The molecule has 0 unspecified atom stereocenters. The van der Waals surface area contributed by atoms with Crippen LogP contribution >= 0.6 is 11.3 Å². The maximum absolute atomic E-state index is 14.2. The predicted molar refractivity (Wildman–Crippen MR) is 82.5 cm³/mol. The van der Waals surface area contributed by atoms with E-state index in [0.29, 0.717) is 17.0 Å². The number of ether oxygens (including phenoxy) is 1. The number of thiazole rings is 1. The van der Waals surface area contributed by atoms with Crippen LogP contribution < -0.4 is 10.5 Å². The summed E-state index contributed by atoms with van der Waals surface area (Å²) in [6, 6.07) is 9.56. The fourth-order valence-corrected chi connectivity index (χ4v) is 2.57. The van der Waals surface area contributed by atoms with E-state index in [9.17, 15) is 13.6 Å². The summed E-state index contributed by atoms with van der Waals surface area (Å²) in [7, 11) is 0. The first-order chi connectivity index (χ1) is 11.0. The van der Waals surface area contributed by atoms with Gasteiger partial charge >= 0.3 is 0 Å². The Bertz CT molecular complexity index is 863. The molecule has 0 spiro atoms. The summed E-state index contributed by atoms with van der Waals surface area (Å²) in [6.45, 7) is 0. The van der Waals surface area contributed by atoms with E-state index < -0.39 is 17.5 Å². The Kier molecular flexibility index (Phi) is 4.03. The van der Waals surface area contributed by atoms with Gasteiger partial charge in [0.1, 0.15) is 11.6 Å². The highest BCUT2D eigenvalue weighted by molar-refractivity contribution is 7.12. The van der Waals surface area contributed by atoms with Gasteiger partial charge in [-0.2, -0.15) is 0 Å². The van der Waals surface area contributed by atoms with Crippen LogP contribution in [0.2, 0.25) is 0 Å². The van der Waals surface area contributed by atoms with Gasteiger partial charge in [0.2, 0.25) is 0 Å². The minimum Gasteiger partial charge on any atom is -0.454 e. The van der Waals surface area contributed by atoms with Crippen molar-refractivity contribution in [3.63, 3.8) is 0 Å². The van der Waals surface area contributed by atoms with Gasteiger partial charge in [-0.15, -0.1) is 11.3 Å². The second kappa shape index (κ2) is 6.13. The lowest BCUT2D eigenvalue weighted by atomic mass is 10.1. The Morgan fingerprint density at radius 2 is 1.87 bits per heavy atom. The molecule has 0 aliphatic carbocycles. The van der Waals surface area contributed by atoms with Crippen molar-refractivity contribution in [3.8, 4) is 22.8 Å². The Balaban J connectivity index is 1.85. The van der Waals surface area contributed by atoms with E-state index in [0.717, 1.165) is 11.3 Å². The smallest absolute Gasteiger partial charge is 0.277 e. The molecule has 0 aliphatic rings. The number of nitrogens with two attached hydrogens (primary N) is 1. The summed E-state index contributed by atoms with van der Waals surface area (Å²) in [4.78, 5) is 15.1. The van der Waals surface area contributed by atoms with Gasteiger partial charge in [0.25, 0.3) is 5.91 Å². The van der Waals surface area contributed by atoms with Gasteiger partial charge in [-0.05, 0) is 42.5 Å². The first kappa shape index (κ1) is 15.1. The molecule has 7 heteroatoms. The SMILES string of the molecule is NC(=O)c1nc(-c2ccc(Oc3ccc(F)cc3)c(F)c2)cs1. The number of aromatic nitrogens is 1. The van der Waals surface area contributed by atoms with E-state index in [1.165, 1.54) is 36.4 Å². The highest BCUT2D eigenvalue weighted by Gasteiger charge is 2.12. The van der Waals surface area contributed by atoms with Crippen LogP contribution in [-0.2, 0) is 0 Å². The van der Waals surface area contributed by atoms with Crippen molar-refractivity contribution in [2.24, 2.45) is 5.73 Å². The molecule has 3 rings (SSSR count). The summed E-state index contributed by atoms with van der Waals surface area (Å²) in [5, 5.41) is 1.78. The Morgan fingerprint density at radius 3 is 2.48 bits per heavy atom. The van der Waals surface area contributed by atoms with E-state index in [2.05, 4.69) is 4.98 Å². The standard InChI is InChI=1S/C16H10F2N2O2S/c17-10-2-4-11(5-3-10)22-14-6-1-9(7-12(14)18)13-8-23-16(20-13)15(19)21/h1-8H,(H2,19,21). The van der Waals surface area contributed by atoms with Crippen LogP contribution in [0.5, 0.6) is 11.5 Å². The lowest BCUT2D eigenvalue weighted by molar-refractivity contribution is 0.1000. The molecule has 0 bridgehead atoms. The van der Waals surface area contributed by atoms with E-state index in [1.54, 1.807) is 11.4 Å². The average molecular weight is 332 g/mol. The van der Waals surface area contributed by atoms with Gasteiger partial charge in [0.15, 0.2) is 16.6 Å². The number of carbonyl (C=O) groups excluding carboxylic acids is 1. The van der Waals surface area contributed by atoms with Gasteiger partial charge in [-0.25, -0.2) is 13.8 Å². The van der Waals surface area contributed by atoms with Crippen LogP contribution in [0, 0.1) is 11.6 Å². The average Bonchev–Trinajstić information content (AvgIpc) is 3.01. The molecule has 3 aromatic rings. The molecule has 0 atom stereocenters. The molecule has 4 nitrogen and oxygen atoms in total. The maximum atomic E-state index is 14.2.